The summed E-state index contributed by atoms with van der Waals surface area (Å²) in [5, 5.41) is 2.96. The van der Waals surface area contributed by atoms with Crippen molar-refractivity contribution in [1.29, 1.82) is 0 Å². The molecule has 2 unspecified atom stereocenters. The van der Waals surface area contributed by atoms with Crippen LogP contribution < -0.4 is 11.1 Å². The van der Waals surface area contributed by atoms with Crippen molar-refractivity contribution in [2.24, 2.45) is 11.7 Å². The van der Waals surface area contributed by atoms with E-state index in [9.17, 15) is 4.79 Å². The molecule has 2 atom stereocenters. The summed E-state index contributed by atoms with van der Waals surface area (Å²) in [6.45, 7) is 4.75. The number of likely N-dealkylation sites (N-methyl/N-ethyl adjacent to an activating group) is 1. The van der Waals surface area contributed by atoms with Gasteiger partial charge in [0.1, 0.15) is 0 Å². The van der Waals surface area contributed by atoms with Crippen LogP contribution in [0.25, 0.3) is 0 Å². The van der Waals surface area contributed by atoms with Gasteiger partial charge in [0.25, 0.3) is 0 Å². The van der Waals surface area contributed by atoms with Crippen LogP contribution in [0.2, 0.25) is 0 Å². The minimum atomic E-state index is 0.0527. The minimum Gasteiger partial charge on any atom is -0.355 e. The molecule has 1 fully saturated rings. The number of rotatable bonds is 5. The second kappa shape index (κ2) is 6.08. The molecule has 1 aliphatic rings. The molecule has 0 radical (unpaired) electrons. The van der Waals surface area contributed by atoms with Gasteiger partial charge in [-0.05, 0) is 26.4 Å². The van der Waals surface area contributed by atoms with Gasteiger partial charge >= 0.3 is 0 Å². The molecule has 1 amide bonds. The number of carbonyl (C=O) groups excluding carboxylic acids is 1. The zero-order chi connectivity index (χ0) is 11.3. The van der Waals surface area contributed by atoms with Crippen LogP contribution in [0.1, 0.15) is 26.2 Å². The quantitative estimate of drug-likeness (QED) is 0.685. The lowest BCUT2D eigenvalue weighted by Crippen LogP contribution is -2.41. The van der Waals surface area contributed by atoms with Crippen LogP contribution in [-0.2, 0) is 4.79 Å². The lowest BCUT2D eigenvalue weighted by Gasteiger charge is -2.17. The van der Waals surface area contributed by atoms with Gasteiger partial charge in [0.2, 0.25) is 5.91 Å². The van der Waals surface area contributed by atoms with E-state index in [4.69, 9.17) is 5.73 Å². The lowest BCUT2D eigenvalue weighted by molar-refractivity contribution is -0.125. The average Bonchev–Trinajstić information content (AvgIpc) is 2.64. The molecule has 88 valence electrons. The van der Waals surface area contributed by atoms with E-state index in [1.807, 2.05) is 7.05 Å². The van der Waals surface area contributed by atoms with E-state index in [-0.39, 0.29) is 17.9 Å². The number of hydrogen-bond donors (Lipinski definition) is 2. The summed E-state index contributed by atoms with van der Waals surface area (Å²) in [7, 11) is 2.05. The molecule has 0 spiro atoms. The Kier molecular flexibility index (Phi) is 5.05. The molecule has 0 aliphatic heterocycles. The van der Waals surface area contributed by atoms with Gasteiger partial charge in [-0.2, -0.15) is 0 Å². The highest BCUT2D eigenvalue weighted by atomic mass is 16.1. The first-order chi connectivity index (χ1) is 7.15. The fraction of sp³-hybridized carbons (Fsp3) is 0.909. The van der Waals surface area contributed by atoms with E-state index < -0.39 is 0 Å². The Balaban J connectivity index is 2.18. The van der Waals surface area contributed by atoms with Crippen LogP contribution >= 0.6 is 0 Å². The smallest absolute Gasteiger partial charge is 0.224 e. The summed E-state index contributed by atoms with van der Waals surface area (Å²) < 4.78 is 0. The molecule has 0 aromatic carbocycles. The molecule has 0 heterocycles. The van der Waals surface area contributed by atoms with E-state index in [1.54, 1.807) is 0 Å². The first kappa shape index (κ1) is 12.5. The van der Waals surface area contributed by atoms with Crippen LogP contribution in [-0.4, -0.2) is 43.5 Å². The van der Waals surface area contributed by atoms with Crippen molar-refractivity contribution in [3.8, 4) is 0 Å². The molecular formula is C11H23N3O. The Bertz CT molecular complexity index is 208. The van der Waals surface area contributed by atoms with E-state index in [1.165, 1.54) is 0 Å². The van der Waals surface area contributed by atoms with Crippen molar-refractivity contribution < 1.29 is 4.79 Å². The number of hydrogen-bond acceptors (Lipinski definition) is 3. The first-order valence-corrected chi connectivity index (χ1v) is 5.87. The summed E-state index contributed by atoms with van der Waals surface area (Å²) in [5.41, 5.74) is 5.87. The van der Waals surface area contributed by atoms with Crippen molar-refractivity contribution in [3.05, 3.63) is 0 Å². The van der Waals surface area contributed by atoms with Gasteiger partial charge in [0, 0.05) is 19.1 Å². The number of carbonyl (C=O) groups is 1. The van der Waals surface area contributed by atoms with Gasteiger partial charge < -0.3 is 16.0 Å². The summed E-state index contributed by atoms with van der Waals surface area (Å²) >= 11 is 0. The van der Waals surface area contributed by atoms with Crippen molar-refractivity contribution in [1.82, 2.24) is 10.2 Å². The molecule has 0 aromatic rings. The number of amides is 1. The SMILES string of the molecule is CCN(C)CCNC(=O)C1CCCC1N. The van der Waals surface area contributed by atoms with Crippen molar-refractivity contribution in [2.75, 3.05) is 26.7 Å². The zero-order valence-corrected chi connectivity index (χ0v) is 9.83. The Labute approximate surface area is 92.2 Å². The van der Waals surface area contributed by atoms with Crippen LogP contribution in [0.4, 0.5) is 0 Å². The largest absolute Gasteiger partial charge is 0.355 e. The molecule has 4 heteroatoms. The molecule has 15 heavy (non-hydrogen) atoms. The molecule has 0 aromatic heterocycles. The van der Waals surface area contributed by atoms with Gasteiger partial charge in [-0.1, -0.05) is 13.3 Å². The Morgan fingerprint density at radius 2 is 2.27 bits per heavy atom. The maximum Gasteiger partial charge on any atom is 0.224 e. The van der Waals surface area contributed by atoms with Crippen LogP contribution in [0.3, 0.4) is 0 Å². The predicted molar refractivity (Wildman–Crippen MR) is 61.5 cm³/mol. The second-order valence-corrected chi connectivity index (χ2v) is 4.39. The lowest BCUT2D eigenvalue weighted by atomic mass is 10.0. The molecule has 1 rings (SSSR count). The minimum absolute atomic E-state index is 0.0527. The van der Waals surface area contributed by atoms with Gasteiger partial charge in [-0.25, -0.2) is 0 Å². The molecule has 4 nitrogen and oxygen atoms in total. The fourth-order valence-electron chi connectivity index (χ4n) is 1.97. The van der Waals surface area contributed by atoms with E-state index in [0.717, 1.165) is 38.9 Å². The third kappa shape index (κ3) is 3.80. The molecule has 0 saturated heterocycles. The summed E-state index contributed by atoms with van der Waals surface area (Å²) in [6.07, 6.45) is 3.04. The number of nitrogens with one attached hydrogen (secondary N) is 1. The highest BCUT2D eigenvalue weighted by Gasteiger charge is 2.29. The van der Waals surface area contributed by atoms with Crippen molar-refractivity contribution in [2.45, 2.75) is 32.2 Å². The second-order valence-electron chi connectivity index (χ2n) is 4.39. The van der Waals surface area contributed by atoms with Crippen molar-refractivity contribution in [3.63, 3.8) is 0 Å². The van der Waals surface area contributed by atoms with Gasteiger partial charge in [0.15, 0.2) is 0 Å². The van der Waals surface area contributed by atoms with Crippen LogP contribution in [0, 0.1) is 5.92 Å². The third-order valence-electron chi connectivity index (χ3n) is 3.24. The van der Waals surface area contributed by atoms with Crippen LogP contribution in [0.5, 0.6) is 0 Å². The topological polar surface area (TPSA) is 58.4 Å². The molecule has 0 bridgehead atoms. The molecular weight excluding hydrogens is 190 g/mol. The zero-order valence-electron chi connectivity index (χ0n) is 9.83. The Morgan fingerprint density at radius 3 is 2.80 bits per heavy atom. The van der Waals surface area contributed by atoms with E-state index in [0.29, 0.717) is 0 Å². The van der Waals surface area contributed by atoms with Crippen LogP contribution in [0.15, 0.2) is 0 Å². The third-order valence-corrected chi connectivity index (χ3v) is 3.24. The summed E-state index contributed by atoms with van der Waals surface area (Å²) in [6, 6.07) is 0.0777. The number of nitrogens with zero attached hydrogens (tertiary/aromatic N) is 1. The Morgan fingerprint density at radius 1 is 1.53 bits per heavy atom. The monoisotopic (exact) mass is 213 g/mol. The normalized spacial score (nSPS) is 25.9. The van der Waals surface area contributed by atoms with Crippen molar-refractivity contribution >= 4 is 5.91 Å². The highest BCUT2D eigenvalue weighted by molar-refractivity contribution is 5.79. The van der Waals surface area contributed by atoms with Gasteiger partial charge in [0.05, 0.1) is 5.92 Å². The standard InChI is InChI=1S/C11H23N3O/c1-3-14(2)8-7-13-11(15)9-5-4-6-10(9)12/h9-10H,3-8,12H2,1-2H3,(H,13,15). The summed E-state index contributed by atoms with van der Waals surface area (Å²) in [4.78, 5) is 13.9. The maximum absolute atomic E-state index is 11.7. The molecule has 3 N–H and O–H groups in total. The summed E-state index contributed by atoms with van der Waals surface area (Å²) in [5.74, 6) is 0.196. The van der Waals surface area contributed by atoms with Gasteiger partial charge in [-0.3, -0.25) is 4.79 Å². The molecule has 1 saturated carbocycles. The van der Waals surface area contributed by atoms with Gasteiger partial charge in [-0.15, -0.1) is 0 Å². The predicted octanol–water partition coefficient (Wildman–Crippen LogP) is 0.182. The highest BCUT2D eigenvalue weighted by Crippen LogP contribution is 2.23. The van der Waals surface area contributed by atoms with E-state index in [2.05, 4.69) is 17.1 Å². The fourth-order valence-corrected chi connectivity index (χ4v) is 1.97. The Hall–Kier alpha value is -0.610. The molecule has 1 aliphatic carbocycles. The van der Waals surface area contributed by atoms with E-state index >= 15 is 0 Å². The first-order valence-electron chi connectivity index (χ1n) is 5.87. The average molecular weight is 213 g/mol. The maximum atomic E-state index is 11.7. The number of nitrogens with two attached hydrogens (primary N) is 1.